The molecular formula is C25H28N4O4. The van der Waals surface area contributed by atoms with Crippen LogP contribution in [0.25, 0.3) is 10.8 Å². The van der Waals surface area contributed by atoms with Crippen molar-refractivity contribution in [2.24, 2.45) is 5.92 Å². The first-order valence-corrected chi connectivity index (χ1v) is 11.2. The van der Waals surface area contributed by atoms with Crippen LogP contribution in [0.2, 0.25) is 0 Å². The Morgan fingerprint density at radius 1 is 1.18 bits per heavy atom. The highest BCUT2D eigenvalue weighted by atomic mass is 16.4. The van der Waals surface area contributed by atoms with Crippen LogP contribution in [0.3, 0.4) is 0 Å². The third kappa shape index (κ3) is 4.74. The van der Waals surface area contributed by atoms with Gasteiger partial charge in [0.15, 0.2) is 0 Å². The van der Waals surface area contributed by atoms with Crippen LogP contribution in [0, 0.1) is 5.92 Å². The predicted octanol–water partition coefficient (Wildman–Crippen LogP) is 3.14. The number of aromatic nitrogens is 2. The summed E-state index contributed by atoms with van der Waals surface area (Å²) in [7, 11) is 0. The molecule has 1 amide bonds. The molecule has 1 N–H and O–H groups in total. The van der Waals surface area contributed by atoms with Crippen LogP contribution in [0.1, 0.15) is 26.7 Å². The van der Waals surface area contributed by atoms with Gasteiger partial charge in [0, 0.05) is 48.4 Å². The van der Waals surface area contributed by atoms with Crippen LogP contribution in [0.5, 0.6) is 0 Å². The van der Waals surface area contributed by atoms with Crippen LogP contribution in [0.15, 0.2) is 59.8 Å². The van der Waals surface area contributed by atoms with Gasteiger partial charge in [0.05, 0.1) is 23.5 Å². The number of hydrogen-bond acceptors (Lipinski definition) is 5. The number of anilines is 2. The second-order valence-corrected chi connectivity index (χ2v) is 8.71. The molecule has 1 aromatic carbocycles. The zero-order valence-corrected chi connectivity index (χ0v) is 18.8. The van der Waals surface area contributed by atoms with Crippen molar-refractivity contribution in [1.29, 1.82) is 0 Å². The molecule has 1 fully saturated rings. The number of pyridine rings is 2. The molecule has 4 rings (SSSR count). The summed E-state index contributed by atoms with van der Waals surface area (Å²) >= 11 is 0. The van der Waals surface area contributed by atoms with Crippen molar-refractivity contribution in [3.8, 4) is 0 Å². The van der Waals surface area contributed by atoms with Gasteiger partial charge in [-0.15, -0.1) is 0 Å². The van der Waals surface area contributed by atoms with Gasteiger partial charge < -0.3 is 19.5 Å². The molecule has 0 saturated carbocycles. The molecule has 1 aliphatic heterocycles. The summed E-state index contributed by atoms with van der Waals surface area (Å²) < 4.78 is 1.12. The summed E-state index contributed by atoms with van der Waals surface area (Å²) in [6, 6.07) is 10.9. The quantitative estimate of drug-likeness (QED) is 0.622. The van der Waals surface area contributed by atoms with Crippen LogP contribution >= 0.6 is 0 Å². The molecule has 8 nitrogen and oxygen atoms in total. The minimum Gasteiger partial charge on any atom is -0.480 e. The summed E-state index contributed by atoms with van der Waals surface area (Å²) in [6.45, 7) is 4.81. The van der Waals surface area contributed by atoms with Crippen LogP contribution < -0.4 is 15.4 Å². The molecular weight excluding hydrogens is 420 g/mol. The van der Waals surface area contributed by atoms with Gasteiger partial charge in [0.1, 0.15) is 6.54 Å². The monoisotopic (exact) mass is 448 g/mol. The Morgan fingerprint density at radius 3 is 2.73 bits per heavy atom. The van der Waals surface area contributed by atoms with Crippen molar-refractivity contribution >= 4 is 34.0 Å². The number of carboxylic acid groups (broad SMARTS) is 1. The fourth-order valence-corrected chi connectivity index (χ4v) is 4.56. The molecule has 1 saturated heterocycles. The Morgan fingerprint density at radius 2 is 1.97 bits per heavy atom. The van der Waals surface area contributed by atoms with Gasteiger partial charge in [-0.2, -0.15) is 0 Å². The second-order valence-electron chi connectivity index (χ2n) is 8.71. The van der Waals surface area contributed by atoms with Gasteiger partial charge >= 0.3 is 5.97 Å². The van der Waals surface area contributed by atoms with E-state index < -0.39 is 18.1 Å². The molecule has 1 unspecified atom stereocenters. The van der Waals surface area contributed by atoms with Crippen molar-refractivity contribution in [3.05, 3.63) is 65.3 Å². The van der Waals surface area contributed by atoms with E-state index in [1.165, 1.54) is 12.3 Å². The molecule has 172 valence electrons. The van der Waals surface area contributed by atoms with Gasteiger partial charge in [-0.25, -0.2) is 0 Å². The maximum atomic E-state index is 13.7. The number of aliphatic carboxylic acids is 1. The number of amides is 1. The first kappa shape index (κ1) is 22.5. The predicted molar refractivity (Wildman–Crippen MR) is 128 cm³/mol. The zero-order chi connectivity index (χ0) is 23.5. The van der Waals surface area contributed by atoms with E-state index in [4.69, 9.17) is 5.11 Å². The summed E-state index contributed by atoms with van der Waals surface area (Å²) in [4.78, 5) is 45.2. The number of carbonyl (C=O) groups is 2. The standard InChI is InChI=1S/C25H28N4O4/c1-17(2)29(20-9-10-23(30)28(15-20)16-24(31)32)25(33)19-7-5-11-27(14-19)22-13-26-12-18-6-3-4-8-21(18)22/h3-4,6,8-10,12-13,15,17,19H,5,7,11,14,16H2,1-2H3,(H,31,32). The molecule has 3 aromatic rings. The van der Waals surface area contributed by atoms with E-state index in [2.05, 4.69) is 16.0 Å². The number of piperidine rings is 1. The number of rotatable bonds is 6. The van der Waals surface area contributed by atoms with E-state index >= 15 is 0 Å². The fourth-order valence-electron chi connectivity index (χ4n) is 4.56. The first-order valence-electron chi connectivity index (χ1n) is 11.2. The summed E-state index contributed by atoms with van der Waals surface area (Å²) in [5.74, 6) is -1.35. The minimum absolute atomic E-state index is 0.0246. The Hall–Kier alpha value is -3.68. The summed E-state index contributed by atoms with van der Waals surface area (Å²) in [5, 5.41) is 11.3. The molecule has 0 bridgehead atoms. The van der Waals surface area contributed by atoms with Crippen molar-refractivity contribution in [2.45, 2.75) is 39.3 Å². The molecule has 0 aliphatic carbocycles. The third-order valence-corrected chi connectivity index (χ3v) is 6.06. The van der Waals surface area contributed by atoms with Crippen molar-refractivity contribution in [2.75, 3.05) is 22.9 Å². The lowest BCUT2D eigenvalue weighted by Gasteiger charge is -2.37. The highest BCUT2D eigenvalue weighted by Crippen LogP contribution is 2.31. The normalized spacial score (nSPS) is 16.2. The lowest BCUT2D eigenvalue weighted by molar-refractivity contribution is -0.137. The van der Waals surface area contributed by atoms with Gasteiger partial charge in [0.2, 0.25) is 5.91 Å². The van der Waals surface area contributed by atoms with Crippen molar-refractivity contribution in [3.63, 3.8) is 0 Å². The highest BCUT2D eigenvalue weighted by molar-refractivity contribution is 5.97. The number of nitrogens with zero attached hydrogens (tertiary/aromatic N) is 4. The Balaban J connectivity index is 1.61. The largest absolute Gasteiger partial charge is 0.480 e. The Bertz CT molecular complexity index is 1230. The summed E-state index contributed by atoms with van der Waals surface area (Å²) in [6.07, 6.45) is 6.81. The first-order chi connectivity index (χ1) is 15.8. The molecule has 1 aliphatic rings. The number of carbonyl (C=O) groups excluding carboxylic acids is 1. The van der Waals surface area contributed by atoms with Gasteiger partial charge in [0.25, 0.3) is 5.56 Å². The Kier molecular flexibility index (Phi) is 6.44. The number of benzene rings is 1. The van der Waals surface area contributed by atoms with E-state index in [0.29, 0.717) is 12.2 Å². The number of hydrogen-bond donors (Lipinski definition) is 1. The smallest absolute Gasteiger partial charge is 0.323 e. The third-order valence-electron chi connectivity index (χ3n) is 6.06. The summed E-state index contributed by atoms with van der Waals surface area (Å²) in [5.41, 5.74) is 1.14. The maximum absolute atomic E-state index is 13.7. The van der Waals surface area contributed by atoms with Crippen LogP contribution in [0.4, 0.5) is 11.4 Å². The lowest BCUT2D eigenvalue weighted by atomic mass is 9.95. The average molecular weight is 449 g/mol. The molecule has 1 atom stereocenters. The Labute approximate surface area is 192 Å². The lowest BCUT2D eigenvalue weighted by Crippen LogP contribution is -2.47. The fraction of sp³-hybridized carbons (Fsp3) is 0.360. The van der Waals surface area contributed by atoms with E-state index in [1.54, 1.807) is 11.0 Å². The SMILES string of the molecule is CC(C)N(C(=O)C1CCCN(c2cncc3ccccc23)C1)c1ccc(=O)n(CC(=O)O)c1. The number of fused-ring (bicyclic) bond motifs is 1. The van der Waals surface area contributed by atoms with Crippen molar-refractivity contribution < 1.29 is 14.7 Å². The zero-order valence-electron chi connectivity index (χ0n) is 18.8. The van der Waals surface area contributed by atoms with E-state index in [1.807, 2.05) is 44.4 Å². The van der Waals surface area contributed by atoms with Crippen LogP contribution in [-0.4, -0.2) is 45.7 Å². The van der Waals surface area contributed by atoms with Crippen LogP contribution in [-0.2, 0) is 16.1 Å². The molecule has 0 radical (unpaired) electrons. The van der Waals surface area contributed by atoms with Gasteiger partial charge in [-0.05, 0) is 32.8 Å². The van der Waals surface area contributed by atoms with Gasteiger partial charge in [-0.1, -0.05) is 24.3 Å². The minimum atomic E-state index is -1.11. The topological polar surface area (TPSA) is 95.7 Å². The van der Waals surface area contributed by atoms with Gasteiger partial charge in [-0.3, -0.25) is 19.4 Å². The van der Waals surface area contributed by atoms with Crippen molar-refractivity contribution in [1.82, 2.24) is 9.55 Å². The second kappa shape index (κ2) is 9.44. The molecule has 0 spiro atoms. The molecule has 2 aromatic heterocycles. The molecule has 8 heteroatoms. The van der Waals surface area contributed by atoms with E-state index in [9.17, 15) is 14.4 Å². The number of carboxylic acids is 1. The molecule has 33 heavy (non-hydrogen) atoms. The molecule has 3 heterocycles. The maximum Gasteiger partial charge on any atom is 0.323 e. The van der Waals surface area contributed by atoms with E-state index in [-0.39, 0.29) is 17.9 Å². The van der Waals surface area contributed by atoms with E-state index in [0.717, 1.165) is 40.4 Å². The highest BCUT2D eigenvalue weighted by Gasteiger charge is 2.32. The average Bonchev–Trinajstić information content (AvgIpc) is 2.80.